The molecular formula is C15H22O2. The summed E-state index contributed by atoms with van der Waals surface area (Å²) in [6.07, 6.45) is 1.88. The highest BCUT2D eigenvalue weighted by atomic mass is 16.5. The van der Waals surface area contributed by atoms with Crippen molar-refractivity contribution in [1.82, 2.24) is 0 Å². The lowest BCUT2D eigenvalue weighted by atomic mass is 9.77. The van der Waals surface area contributed by atoms with Crippen LogP contribution in [0.25, 0.3) is 0 Å². The fourth-order valence-electron chi connectivity index (χ4n) is 1.86. The van der Waals surface area contributed by atoms with Crippen LogP contribution >= 0.6 is 0 Å². The lowest BCUT2D eigenvalue weighted by Crippen LogP contribution is -2.33. The molecule has 94 valence electrons. The maximum Gasteiger partial charge on any atom is 0.128 e. The number of hydrogen-bond acceptors (Lipinski definition) is 2. The molecule has 1 atom stereocenters. The van der Waals surface area contributed by atoms with E-state index in [2.05, 4.69) is 13.8 Å². The lowest BCUT2D eigenvalue weighted by Gasteiger charge is -2.30. The van der Waals surface area contributed by atoms with Gasteiger partial charge in [0.15, 0.2) is 0 Å². The predicted molar refractivity (Wildman–Crippen MR) is 69.7 cm³/mol. The molecule has 0 spiro atoms. The standard InChI is InChI=1S/C15H22O2/c1-4-15(11-16,13(2)3)12-17-10-14-8-6-5-7-9-14/h5-9,11,13H,4,10,12H2,1-3H3/t15-/m0/s1. The molecule has 0 aromatic heterocycles. The largest absolute Gasteiger partial charge is 0.376 e. The van der Waals surface area contributed by atoms with Gasteiger partial charge in [0.25, 0.3) is 0 Å². The van der Waals surface area contributed by atoms with Crippen LogP contribution in [0.4, 0.5) is 0 Å². The fraction of sp³-hybridized carbons (Fsp3) is 0.533. The van der Waals surface area contributed by atoms with Crippen molar-refractivity contribution in [2.45, 2.75) is 33.8 Å². The van der Waals surface area contributed by atoms with E-state index < -0.39 is 0 Å². The second-order valence-corrected chi connectivity index (χ2v) is 4.84. The molecule has 0 bridgehead atoms. The molecule has 0 amide bonds. The topological polar surface area (TPSA) is 26.3 Å². The van der Waals surface area contributed by atoms with Crippen LogP contribution in [0.1, 0.15) is 32.8 Å². The summed E-state index contributed by atoms with van der Waals surface area (Å²) < 4.78 is 5.70. The van der Waals surface area contributed by atoms with Crippen LogP contribution in [-0.2, 0) is 16.1 Å². The van der Waals surface area contributed by atoms with E-state index in [1.807, 2.05) is 37.3 Å². The molecule has 0 aliphatic rings. The molecule has 2 nitrogen and oxygen atoms in total. The summed E-state index contributed by atoms with van der Waals surface area (Å²) in [6, 6.07) is 10.0. The minimum Gasteiger partial charge on any atom is -0.376 e. The van der Waals surface area contributed by atoms with Crippen LogP contribution in [0.5, 0.6) is 0 Å². The highest BCUT2D eigenvalue weighted by Crippen LogP contribution is 2.29. The molecule has 1 rings (SSSR count). The molecule has 0 aliphatic heterocycles. The van der Waals surface area contributed by atoms with Gasteiger partial charge in [-0.2, -0.15) is 0 Å². The molecule has 1 aromatic rings. The predicted octanol–water partition coefficient (Wildman–Crippen LogP) is 3.45. The minimum absolute atomic E-state index is 0.306. The van der Waals surface area contributed by atoms with E-state index in [0.717, 1.165) is 18.3 Å². The number of ether oxygens (including phenoxy) is 1. The van der Waals surface area contributed by atoms with Gasteiger partial charge in [-0.3, -0.25) is 0 Å². The van der Waals surface area contributed by atoms with Crippen molar-refractivity contribution in [2.24, 2.45) is 11.3 Å². The Hall–Kier alpha value is -1.15. The highest BCUT2D eigenvalue weighted by Gasteiger charge is 2.31. The molecule has 0 N–H and O–H groups in total. The summed E-state index contributed by atoms with van der Waals surface area (Å²) in [5.41, 5.74) is 0.807. The molecule has 0 radical (unpaired) electrons. The van der Waals surface area contributed by atoms with Gasteiger partial charge in [-0.1, -0.05) is 51.1 Å². The van der Waals surface area contributed by atoms with E-state index >= 15 is 0 Å². The first-order chi connectivity index (χ1) is 8.14. The summed E-state index contributed by atoms with van der Waals surface area (Å²) in [5.74, 6) is 0.306. The Balaban J connectivity index is 2.51. The van der Waals surface area contributed by atoms with Crippen LogP contribution in [0.2, 0.25) is 0 Å². The summed E-state index contributed by atoms with van der Waals surface area (Å²) in [5, 5.41) is 0. The van der Waals surface area contributed by atoms with E-state index in [1.165, 1.54) is 0 Å². The van der Waals surface area contributed by atoms with Crippen molar-refractivity contribution in [3.63, 3.8) is 0 Å². The summed E-state index contributed by atoms with van der Waals surface area (Å²) in [4.78, 5) is 11.3. The van der Waals surface area contributed by atoms with Crippen LogP contribution < -0.4 is 0 Å². The first kappa shape index (κ1) is 13.9. The number of rotatable bonds is 7. The molecule has 0 saturated carbocycles. The molecule has 0 unspecified atom stereocenters. The molecule has 2 heteroatoms. The van der Waals surface area contributed by atoms with E-state index in [0.29, 0.717) is 19.1 Å². The van der Waals surface area contributed by atoms with Crippen molar-refractivity contribution < 1.29 is 9.53 Å². The Labute approximate surface area is 104 Å². The Morgan fingerprint density at radius 2 is 1.94 bits per heavy atom. The van der Waals surface area contributed by atoms with Gasteiger partial charge < -0.3 is 9.53 Å². The summed E-state index contributed by atoms with van der Waals surface area (Å²) in [7, 11) is 0. The Morgan fingerprint density at radius 3 is 2.41 bits per heavy atom. The molecule has 0 heterocycles. The van der Waals surface area contributed by atoms with Crippen molar-refractivity contribution in [2.75, 3.05) is 6.61 Å². The zero-order valence-corrected chi connectivity index (χ0v) is 11.0. The van der Waals surface area contributed by atoms with Gasteiger partial charge in [-0.15, -0.1) is 0 Å². The van der Waals surface area contributed by atoms with Crippen LogP contribution in [0, 0.1) is 11.3 Å². The minimum atomic E-state index is -0.339. The van der Waals surface area contributed by atoms with Crippen LogP contribution in [0.15, 0.2) is 30.3 Å². The maximum absolute atomic E-state index is 11.3. The third-order valence-corrected chi connectivity index (χ3v) is 3.53. The maximum atomic E-state index is 11.3. The molecule has 0 aliphatic carbocycles. The number of carbonyl (C=O) groups is 1. The van der Waals surface area contributed by atoms with Gasteiger partial charge in [-0.05, 0) is 17.9 Å². The van der Waals surface area contributed by atoms with E-state index in [1.54, 1.807) is 0 Å². The third-order valence-electron chi connectivity index (χ3n) is 3.53. The number of benzene rings is 1. The average Bonchev–Trinajstić information content (AvgIpc) is 2.36. The highest BCUT2D eigenvalue weighted by molar-refractivity contribution is 5.59. The monoisotopic (exact) mass is 234 g/mol. The van der Waals surface area contributed by atoms with Crippen LogP contribution in [0.3, 0.4) is 0 Å². The van der Waals surface area contributed by atoms with Gasteiger partial charge in [-0.25, -0.2) is 0 Å². The SMILES string of the molecule is CC[C@](C=O)(COCc1ccccc1)C(C)C. The molecule has 0 saturated heterocycles. The zero-order chi connectivity index (χ0) is 12.7. The van der Waals surface area contributed by atoms with Gasteiger partial charge in [0.2, 0.25) is 0 Å². The van der Waals surface area contributed by atoms with Gasteiger partial charge in [0, 0.05) is 0 Å². The number of hydrogen-bond donors (Lipinski definition) is 0. The Bertz CT molecular complexity index is 332. The number of aldehydes is 1. The Kier molecular flexibility index (Phi) is 5.36. The van der Waals surface area contributed by atoms with E-state index in [-0.39, 0.29) is 5.41 Å². The second-order valence-electron chi connectivity index (χ2n) is 4.84. The van der Waals surface area contributed by atoms with Crippen molar-refractivity contribution in [3.8, 4) is 0 Å². The third kappa shape index (κ3) is 3.67. The van der Waals surface area contributed by atoms with Gasteiger partial charge >= 0.3 is 0 Å². The molecular weight excluding hydrogens is 212 g/mol. The van der Waals surface area contributed by atoms with Gasteiger partial charge in [0.1, 0.15) is 6.29 Å². The van der Waals surface area contributed by atoms with E-state index in [4.69, 9.17) is 4.74 Å². The fourth-order valence-corrected chi connectivity index (χ4v) is 1.86. The molecule has 1 aromatic carbocycles. The first-order valence-corrected chi connectivity index (χ1v) is 6.22. The lowest BCUT2D eigenvalue weighted by molar-refractivity contribution is -0.123. The molecule has 0 fully saturated rings. The van der Waals surface area contributed by atoms with Crippen molar-refractivity contribution in [1.29, 1.82) is 0 Å². The van der Waals surface area contributed by atoms with Crippen molar-refractivity contribution in [3.05, 3.63) is 35.9 Å². The second kappa shape index (κ2) is 6.55. The molecule has 17 heavy (non-hydrogen) atoms. The van der Waals surface area contributed by atoms with Gasteiger partial charge in [0.05, 0.1) is 18.6 Å². The smallest absolute Gasteiger partial charge is 0.128 e. The first-order valence-electron chi connectivity index (χ1n) is 6.22. The summed E-state index contributed by atoms with van der Waals surface area (Å²) >= 11 is 0. The van der Waals surface area contributed by atoms with Crippen LogP contribution in [-0.4, -0.2) is 12.9 Å². The normalized spacial score (nSPS) is 14.6. The van der Waals surface area contributed by atoms with Crippen molar-refractivity contribution >= 4 is 6.29 Å². The quantitative estimate of drug-likeness (QED) is 0.675. The van der Waals surface area contributed by atoms with E-state index in [9.17, 15) is 4.79 Å². The summed E-state index contributed by atoms with van der Waals surface area (Å²) in [6.45, 7) is 7.26. The number of carbonyl (C=O) groups excluding carboxylic acids is 1. The zero-order valence-electron chi connectivity index (χ0n) is 11.0. The Morgan fingerprint density at radius 1 is 1.29 bits per heavy atom. The average molecular weight is 234 g/mol.